The Balaban J connectivity index is 1.37. The summed E-state index contributed by atoms with van der Waals surface area (Å²) in [6.45, 7) is 3.36. The van der Waals surface area contributed by atoms with Crippen LogP contribution < -0.4 is 4.72 Å². The minimum atomic E-state index is -3.12. The first-order chi connectivity index (χ1) is 11.5. The van der Waals surface area contributed by atoms with E-state index in [1.54, 1.807) is 6.20 Å². The third-order valence-electron chi connectivity index (χ3n) is 5.31. The molecule has 3 fully saturated rings. The van der Waals surface area contributed by atoms with Crippen molar-refractivity contribution in [3.63, 3.8) is 0 Å². The molecule has 2 saturated heterocycles. The lowest BCUT2D eigenvalue weighted by atomic mass is 9.90. The maximum absolute atomic E-state index is 12.2. The highest BCUT2D eigenvalue weighted by molar-refractivity contribution is 7.90. The maximum atomic E-state index is 12.2. The van der Waals surface area contributed by atoms with Crippen molar-refractivity contribution < 1.29 is 13.2 Å². The molecule has 1 saturated carbocycles. The molecule has 0 amide bonds. The predicted molar refractivity (Wildman–Crippen MR) is 90.9 cm³/mol. The Kier molecular flexibility index (Phi) is 4.36. The Morgan fingerprint density at radius 2 is 2.25 bits per heavy atom. The highest BCUT2D eigenvalue weighted by Crippen LogP contribution is 2.36. The Morgan fingerprint density at radius 1 is 1.38 bits per heavy atom. The molecule has 1 aliphatic carbocycles. The molecule has 1 N–H and O–H groups in total. The molecule has 2 aliphatic heterocycles. The van der Waals surface area contributed by atoms with Crippen LogP contribution >= 0.6 is 0 Å². The summed E-state index contributed by atoms with van der Waals surface area (Å²) in [6, 6.07) is 4.07. The van der Waals surface area contributed by atoms with E-state index < -0.39 is 10.0 Å². The van der Waals surface area contributed by atoms with Crippen LogP contribution in [-0.4, -0.2) is 54.9 Å². The standard InChI is InChI=1S/C17H25N3O3S/c21-24(22,16-3-4-16)19-15-5-9-23-17(10-15)6-8-20(13-17)12-14-2-1-7-18-11-14/h1-2,7,11,15-16,19H,3-6,8-10,12-13H2/t15-,17-/m0/s1. The van der Waals surface area contributed by atoms with Crippen LogP contribution in [0.4, 0.5) is 0 Å². The van der Waals surface area contributed by atoms with Crippen molar-refractivity contribution in [3.8, 4) is 0 Å². The van der Waals surface area contributed by atoms with Gasteiger partial charge in [0.05, 0.1) is 10.9 Å². The normalized spacial score (nSPS) is 31.6. The number of sulfonamides is 1. The minimum absolute atomic E-state index is 0.0164. The molecule has 24 heavy (non-hydrogen) atoms. The number of hydrogen-bond acceptors (Lipinski definition) is 5. The summed E-state index contributed by atoms with van der Waals surface area (Å²) in [7, 11) is -3.12. The highest BCUT2D eigenvalue weighted by atomic mass is 32.2. The van der Waals surface area contributed by atoms with E-state index in [9.17, 15) is 8.42 Å². The molecule has 3 heterocycles. The van der Waals surface area contributed by atoms with Crippen molar-refractivity contribution in [1.29, 1.82) is 0 Å². The maximum Gasteiger partial charge on any atom is 0.214 e. The van der Waals surface area contributed by atoms with Crippen LogP contribution in [0.5, 0.6) is 0 Å². The van der Waals surface area contributed by atoms with Crippen LogP contribution in [0, 0.1) is 0 Å². The molecule has 3 aliphatic rings. The zero-order chi connectivity index (χ0) is 16.6. The van der Waals surface area contributed by atoms with Gasteiger partial charge in [-0.1, -0.05) is 6.07 Å². The Morgan fingerprint density at radius 3 is 3.00 bits per heavy atom. The lowest BCUT2D eigenvalue weighted by Crippen LogP contribution is -2.50. The lowest BCUT2D eigenvalue weighted by molar-refractivity contribution is -0.0779. The van der Waals surface area contributed by atoms with Gasteiger partial charge < -0.3 is 4.74 Å². The molecule has 0 unspecified atom stereocenters. The van der Waals surface area contributed by atoms with E-state index in [4.69, 9.17) is 4.74 Å². The summed E-state index contributed by atoms with van der Waals surface area (Å²) in [5, 5.41) is -0.151. The van der Waals surface area contributed by atoms with Gasteiger partial charge in [0, 0.05) is 44.7 Å². The molecular formula is C17H25N3O3S. The van der Waals surface area contributed by atoms with Crippen LogP contribution in [0.15, 0.2) is 24.5 Å². The SMILES string of the molecule is O=S(=O)(N[C@H]1CCO[C@@]2(CCN(Cc3cccnc3)C2)C1)C1CC1. The van der Waals surface area contributed by atoms with Gasteiger partial charge in [-0.3, -0.25) is 9.88 Å². The van der Waals surface area contributed by atoms with Crippen LogP contribution in [0.25, 0.3) is 0 Å². The summed E-state index contributed by atoms with van der Waals surface area (Å²) < 4.78 is 33.5. The van der Waals surface area contributed by atoms with Gasteiger partial charge in [-0.2, -0.15) is 0 Å². The zero-order valence-electron chi connectivity index (χ0n) is 13.9. The fourth-order valence-corrected chi connectivity index (χ4v) is 5.55. The van der Waals surface area contributed by atoms with Crippen molar-refractivity contribution in [2.24, 2.45) is 0 Å². The smallest absolute Gasteiger partial charge is 0.214 e. The first-order valence-electron chi connectivity index (χ1n) is 8.81. The average molecular weight is 351 g/mol. The van der Waals surface area contributed by atoms with Crippen molar-refractivity contribution in [2.75, 3.05) is 19.7 Å². The number of nitrogens with one attached hydrogen (secondary N) is 1. The lowest BCUT2D eigenvalue weighted by Gasteiger charge is -2.38. The molecule has 1 aromatic rings. The molecule has 7 heteroatoms. The van der Waals surface area contributed by atoms with E-state index in [0.29, 0.717) is 6.61 Å². The third-order valence-corrected chi connectivity index (χ3v) is 7.32. The second-order valence-corrected chi connectivity index (χ2v) is 9.40. The van der Waals surface area contributed by atoms with Gasteiger partial charge in [-0.05, 0) is 43.7 Å². The molecule has 6 nitrogen and oxygen atoms in total. The molecule has 0 aromatic carbocycles. The van der Waals surface area contributed by atoms with Crippen LogP contribution in [0.1, 0.15) is 37.7 Å². The van der Waals surface area contributed by atoms with Gasteiger partial charge in [0.1, 0.15) is 0 Å². The molecule has 0 radical (unpaired) electrons. The molecule has 0 bridgehead atoms. The van der Waals surface area contributed by atoms with E-state index in [0.717, 1.165) is 51.7 Å². The summed E-state index contributed by atoms with van der Waals surface area (Å²) >= 11 is 0. The fraction of sp³-hybridized carbons (Fsp3) is 0.706. The Bertz CT molecular complexity index is 678. The van der Waals surface area contributed by atoms with Crippen LogP contribution in [-0.2, 0) is 21.3 Å². The molecule has 2 atom stereocenters. The van der Waals surface area contributed by atoms with Gasteiger partial charge >= 0.3 is 0 Å². The number of nitrogens with zero attached hydrogens (tertiary/aromatic N) is 2. The quantitative estimate of drug-likeness (QED) is 0.865. The molecular weight excluding hydrogens is 326 g/mol. The first kappa shape index (κ1) is 16.4. The van der Waals surface area contributed by atoms with E-state index in [2.05, 4.69) is 20.7 Å². The van der Waals surface area contributed by atoms with Crippen LogP contribution in [0.2, 0.25) is 0 Å². The van der Waals surface area contributed by atoms with Gasteiger partial charge in [0.15, 0.2) is 0 Å². The number of ether oxygens (including phenoxy) is 1. The summed E-state index contributed by atoms with van der Waals surface area (Å²) in [6.07, 6.45) is 7.83. The second-order valence-electron chi connectivity index (χ2n) is 7.41. The first-order valence-corrected chi connectivity index (χ1v) is 10.4. The predicted octanol–water partition coefficient (Wildman–Crippen LogP) is 1.29. The number of pyridine rings is 1. The van der Waals surface area contributed by atoms with Crippen molar-refractivity contribution in [3.05, 3.63) is 30.1 Å². The van der Waals surface area contributed by atoms with Crippen molar-refractivity contribution in [2.45, 2.75) is 55.5 Å². The number of hydrogen-bond donors (Lipinski definition) is 1. The third kappa shape index (κ3) is 3.64. The van der Waals surface area contributed by atoms with Gasteiger partial charge in [-0.15, -0.1) is 0 Å². The largest absolute Gasteiger partial charge is 0.373 e. The number of aromatic nitrogens is 1. The van der Waals surface area contributed by atoms with Crippen LogP contribution in [0.3, 0.4) is 0 Å². The topological polar surface area (TPSA) is 71.5 Å². The second kappa shape index (κ2) is 6.37. The number of rotatable bonds is 5. The van der Waals surface area contributed by atoms with E-state index in [1.165, 1.54) is 5.56 Å². The summed E-state index contributed by atoms with van der Waals surface area (Å²) in [5.41, 5.74) is 1.01. The van der Waals surface area contributed by atoms with Crippen molar-refractivity contribution >= 4 is 10.0 Å². The summed E-state index contributed by atoms with van der Waals surface area (Å²) in [4.78, 5) is 6.55. The Hall–Kier alpha value is -1.02. The van der Waals surface area contributed by atoms with E-state index >= 15 is 0 Å². The van der Waals surface area contributed by atoms with Gasteiger partial charge in [-0.25, -0.2) is 13.1 Å². The molecule has 4 rings (SSSR count). The fourth-order valence-electron chi connectivity index (χ4n) is 3.93. The van der Waals surface area contributed by atoms with Crippen molar-refractivity contribution in [1.82, 2.24) is 14.6 Å². The Labute approximate surface area is 143 Å². The number of likely N-dealkylation sites (tertiary alicyclic amines) is 1. The summed E-state index contributed by atoms with van der Waals surface area (Å²) in [5.74, 6) is 0. The molecule has 1 spiro atoms. The zero-order valence-corrected chi connectivity index (χ0v) is 14.7. The molecule has 1 aromatic heterocycles. The van der Waals surface area contributed by atoms with Gasteiger partial charge in [0.25, 0.3) is 0 Å². The average Bonchev–Trinajstić information content (AvgIpc) is 3.34. The monoisotopic (exact) mass is 351 g/mol. The highest BCUT2D eigenvalue weighted by Gasteiger charge is 2.45. The van der Waals surface area contributed by atoms with E-state index in [1.807, 2.05) is 12.3 Å². The minimum Gasteiger partial charge on any atom is -0.373 e. The van der Waals surface area contributed by atoms with E-state index in [-0.39, 0.29) is 16.9 Å². The molecule has 132 valence electrons. The van der Waals surface area contributed by atoms with Gasteiger partial charge in [0.2, 0.25) is 10.0 Å².